The van der Waals surface area contributed by atoms with E-state index in [9.17, 15) is 0 Å². The van der Waals surface area contributed by atoms with Gasteiger partial charge in [-0.25, -0.2) is 4.98 Å². The Labute approximate surface area is 142 Å². The summed E-state index contributed by atoms with van der Waals surface area (Å²) >= 11 is 0. The van der Waals surface area contributed by atoms with Gasteiger partial charge in [0.25, 0.3) is 0 Å². The first-order chi connectivity index (χ1) is 11.6. The summed E-state index contributed by atoms with van der Waals surface area (Å²) in [6, 6.07) is 5.75. The molecule has 3 rings (SSSR count). The molecule has 0 saturated carbocycles. The largest absolute Gasteiger partial charge is 0.493 e. The molecular weight excluding hydrogens is 304 g/mol. The summed E-state index contributed by atoms with van der Waals surface area (Å²) in [7, 11) is 1.62. The fourth-order valence-electron chi connectivity index (χ4n) is 2.93. The predicted molar refractivity (Wildman–Crippen MR) is 95.1 cm³/mol. The van der Waals surface area contributed by atoms with Crippen molar-refractivity contribution in [2.75, 3.05) is 30.8 Å². The van der Waals surface area contributed by atoms with Crippen LogP contribution in [-0.4, -0.2) is 30.2 Å². The lowest BCUT2D eigenvalue weighted by atomic mass is 10.1. The van der Waals surface area contributed by atoms with E-state index in [1.807, 2.05) is 32.0 Å². The van der Waals surface area contributed by atoms with Crippen molar-refractivity contribution in [2.45, 2.75) is 33.1 Å². The number of nitrogens with zero attached hydrogens (tertiary/aromatic N) is 3. The molecule has 0 atom stereocenters. The third-order valence-electron chi connectivity index (χ3n) is 4.18. The first-order valence-corrected chi connectivity index (χ1v) is 8.30. The SMILES string of the molecule is COc1cc(C)ccc1Oc1nc(C)nc(N2CCCCC2)c1N. The van der Waals surface area contributed by atoms with Gasteiger partial charge in [-0.1, -0.05) is 6.07 Å². The molecular formula is C18H24N4O2. The van der Waals surface area contributed by atoms with E-state index in [-0.39, 0.29) is 0 Å². The Balaban J connectivity index is 1.95. The third-order valence-corrected chi connectivity index (χ3v) is 4.18. The topological polar surface area (TPSA) is 73.5 Å². The molecule has 0 spiro atoms. The van der Waals surface area contributed by atoms with Gasteiger partial charge in [0.15, 0.2) is 17.3 Å². The summed E-state index contributed by atoms with van der Waals surface area (Å²) in [4.78, 5) is 11.1. The van der Waals surface area contributed by atoms with Gasteiger partial charge in [-0.05, 0) is 50.8 Å². The van der Waals surface area contributed by atoms with Crippen molar-refractivity contribution in [1.82, 2.24) is 9.97 Å². The van der Waals surface area contributed by atoms with Gasteiger partial charge in [-0.2, -0.15) is 4.98 Å². The van der Waals surface area contributed by atoms with Crippen LogP contribution >= 0.6 is 0 Å². The maximum Gasteiger partial charge on any atom is 0.248 e. The molecule has 6 nitrogen and oxygen atoms in total. The summed E-state index contributed by atoms with van der Waals surface area (Å²) < 4.78 is 11.4. The number of anilines is 2. The highest BCUT2D eigenvalue weighted by Gasteiger charge is 2.20. The average Bonchev–Trinajstić information content (AvgIpc) is 2.60. The van der Waals surface area contributed by atoms with E-state index in [0.717, 1.165) is 37.3 Å². The van der Waals surface area contributed by atoms with E-state index in [2.05, 4.69) is 14.9 Å². The molecule has 6 heteroatoms. The van der Waals surface area contributed by atoms with Crippen LogP contribution < -0.4 is 20.1 Å². The van der Waals surface area contributed by atoms with E-state index < -0.39 is 0 Å². The third kappa shape index (κ3) is 3.37. The molecule has 1 aliphatic heterocycles. The Kier molecular flexibility index (Phi) is 4.74. The molecule has 0 bridgehead atoms. The van der Waals surface area contributed by atoms with Crippen LogP contribution in [0, 0.1) is 13.8 Å². The van der Waals surface area contributed by atoms with Crippen LogP contribution in [0.3, 0.4) is 0 Å². The Morgan fingerprint density at radius 1 is 1.04 bits per heavy atom. The first-order valence-electron chi connectivity index (χ1n) is 8.30. The number of hydrogen-bond donors (Lipinski definition) is 1. The molecule has 2 N–H and O–H groups in total. The summed E-state index contributed by atoms with van der Waals surface area (Å²) in [6.07, 6.45) is 3.57. The molecule has 2 heterocycles. The second-order valence-electron chi connectivity index (χ2n) is 6.12. The molecule has 0 aliphatic carbocycles. The normalized spacial score (nSPS) is 14.5. The zero-order chi connectivity index (χ0) is 17.1. The lowest BCUT2D eigenvalue weighted by molar-refractivity contribution is 0.374. The van der Waals surface area contributed by atoms with Crippen molar-refractivity contribution < 1.29 is 9.47 Å². The van der Waals surface area contributed by atoms with Gasteiger partial charge in [-0.15, -0.1) is 0 Å². The van der Waals surface area contributed by atoms with E-state index in [0.29, 0.717) is 28.9 Å². The van der Waals surface area contributed by atoms with Crippen LogP contribution in [0.1, 0.15) is 30.7 Å². The number of aromatic nitrogens is 2. The number of nitrogen functional groups attached to an aromatic ring is 1. The van der Waals surface area contributed by atoms with Crippen molar-refractivity contribution >= 4 is 11.5 Å². The molecule has 128 valence electrons. The van der Waals surface area contributed by atoms with E-state index >= 15 is 0 Å². The lowest BCUT2D eigenvalue weighted by Gasteiger charge is -2.29. The number of aryl methyl sites for hydroxylation is 2. The molecule has 0 radical (unpaired) electrons. The highest BCUT2D eigenvalue weighted by atomic mass is 16.5. The molecule has 1 saturated heterocycles. The Morgan fingerprint density at radius 2 is 1.79 bits per heavy atom. The van der Waals surface area contributed by atoms with Crippen molar-refractivity contribution in [3.8, 4) is 17.4 Å². The van der Waals surface area contributed by atoms with Gasteiger partial charge in [-0.3, -0.25) is 0 Å². The fourth-order valence-corrected chi connectivity index (χ4v) is 2.93. The van der Waals surface area contributed by atoms with E-state index in [1.54, 1.807) is 7.11 Å². The first kappa shape index (κ1) is 16.4. The number of methoxy groups -OCH3 is 1. The van der Waals surface area contributed by atoms with Crippen LogP contribution in [0.4, 0.5) is 11.5 Å². The molecule has 1 aromatic carbocycles. The highest BCUT2D eigenvalue weighted by Crippen LogP contribution is 2.37. The van der Waals surface area contributed by atoms with Gasteiger partial charge in [0.2, 0.25) is 5.88 Å². The smallest absolute Gasteiger partial charge is 0.248 e. The fraction of sp³-hybridized carbons (Fsp3) is 0.444. The van der Waals surface area contributed by atoms with Crippen LogP contribution in [0.5, 0.6) is 17.4 Å². The minimum atomic E-state index is 0.380. The molecule has 0 unspecified atom stereocenters. The van der Waals surface area contributed by atoms with Gasteiger partial charge in [0.05, 0.1) is 7.11 Å². The molecule has 1 aromatic heterocycles. The van der Waals surface area contributed by atoms with Gasteiger partial charge in [0, 0.05) is 13.1 Å². The molecule has 2 aromatic rings. The quantitative estimate of drug-likeness (QED) is 0.926. The second kappa shape index (κ2) is 6.95. The number of ether oxygens (including phenoxy) is 2. The van der Waals surface area contributed by atoms with Crippen LogP contribution in [-0.2, 0) is 0 Å². The monoisotopic (exact) mass is 328 g/mol. The highest BCUT2D eigenvalue weighted by molar-refractivity contribution is 5.69. The van der Waals surface area contributed by atoms with Crippen molar-refractivity contribution in [3.63, 3.8) is 0 Å². The van der Waals surface area contributed by atoms with Crippen molar-refractivity contribution in [1.29, 1.82) is 0 Å². The van der Waals surface area contributed by atoms with Gasteiger partial charge >= 0.3 is 0 Å². The minimum absolute atomic E-state index is 0.380. The molecule has 1 aliphatic rings. The number of hydrogen-bond acceptors (Lipinski definition) is 6. The zero-order valence-electron chi connectivity index (χ0n) is 14.5. The van der Waals surface area contributed by atoms with E-state index in [4.69, 9.17) is 15.2 Å². The van der Waals surface area contributed by atoms with Crippen molar-refractivity contribution in [2.24, 2.45) is 0 Å². The van der Waals surface area contributed by atoms with E-state index in [1.165, 1.54) is 6.42 Å². The number of benzene rings is 1. The van der Waals surface area contributed by atoms with Crippen molar-refractivity contribution in [3.05, 3.63) is 29.6 Å². The summed E-state index contributed by atoms with van der Waals surface area (Å²) in [6.45, 7) is 5.79. The number of nitrogens with two attached hydrogens (primary N) is 1. The molecule has 1 fully saturated rings. The Hall–Kier alpha value is -2.50. The average molecular weight is 328 g/mol. The summed E-state index contributed by atoms with van der Waals surface area (Å²) in [5, 5.41) is 0. The van der Waals surface area contributed by atoms with Gasteiger partial charge in [0.1, 0.15) is 11.5 Å². The Bertz CT molecular complexity index is 727. The molecule has 0 amide bonds. The number of piperidine rings is 1. The predicted octanol–water partition coefficient (Wildman–Crippen LogP) is 3.47. The van der Waals surface area contributed by atoms with Gasteiger partial charge < -0.3 is 20.1 Å². The van der Waals surface area contributed by atoms with Crippen LogP contribution in [0.15, 0.2) is 18.2 Å². The second-order valence-corrected chi connectivity index (χ2v) is 6.12. The zero-order valence-corrected chi connectivity index (χ0v) is 14.5. The Morgan fingerprint density at radius 3 is 2.50 bits per heavy atom. The van der Waals surface area contributed by atoms with Crippen LogP contribution in [0.2, 0.25) is 0 Å². The summed E-state index contributed by atoms with van der Waals surface area (Å²) in [5.74, 6) is 3.04. The van der Waals surface area contributed by atoms with Crippen LogP contribution in [0.25, 0.3) is 0 Å². The standard InChI is InChI=1S/C18H24N4O2/c1-12-7-8-14(15(11-12)23-3)24-18-16(19)17(20-13(2)21-18)22-9-5-4-6-10-22/h7-8,11H,4-6,9-10,19H2,1-3H3. The maximum absolute atomic E-state index is 6.32. The maximum atomic E-state index is 6.32. The lowest BCUT2D eigenvalue weighted by Crippen LogP contribution is -2.31. The summed E-state index contributed by atoms with van der Waals surface area (Å²) in [5.41, 5.74) is 7.89. The number of rotatable bonds is 4. The minimum Gasteiger partial charge on any atom is -0.493 e. The molecule has 24 heavy (non-hydrogen) atoms.